The van der Waals surface area contributed by atoms with Crippen molar-refractivity contribution in [1.82, 2.24) is 4.98 Å². The van der Waals surface area contributed by atoms with Crippen LogP contribution in [0.2, 0.25) is 0 Å². The predicted molar refractivity (Wildman–Crippen MR) is 87.7 cm³/mol. The fourth-order valence-electron chi connectivity index (χ4n) is 1.93. The number of aromatic nitrogens is 1. The van der Waals surface area contributed by atoms with E-state index in [4.69, 9.17) is 5.73 Å². The molecule has 4 nitrogen and oxygen atoms in total. The number of hydrogen-bond donors (Lipinski definition) is 2. The number of nitrogens with two attached hydrogens (primary N) is 1. The van der Waals surface area contributed by atoms with E-state index in [1.807, 2.05) is 19.1 Å². The van der Waals surface area contributed by atoms with Gasteiger partial charge in [-0.1, -0.05) is 25.5 Å². The topological polar surface area (TPSA) is 68.0 Å². The lowest BCUT2D eigenvalue weighted by Gasteiger charge is -2.05. The van der Waals surface area contributed by atoms with Crippen molar-refractivity contribution in [3.05, 3.63) is 45.9 Å². The number of rotatable bonds is 6. The van der Waals surface area contributed by atoms with Crippen molar-refractivity contribution in [1.29, 1.82) is 0 Å². The summed E-state index contributed by atoms with van der Waals surface area (Å²) in [6.45, 7) is 4.04. The molecule has 21 heavy (non-hydrogen) atoms. The Morgan fingerprint density at radius 3 is 2.67 bits per heavy atom. The number of carbonyl (C=O) groups is 1. The monoisotopic (exact) mass is 303 g/mol. The van der Waals surface area contributed by atoms with Crippen LogP contribution in [0.15, 0.2) is 29.6 Å². The van der Waals surface area contributed by atoms with Gasteiger partial charge >= 0.3 is 0 Å². The van der Waals surface area contributed by atoms with Gasteiger partial charge in [0.25, 0.3) is 5.91 Å². The lowest BCUT2D eigenvalue weighted by molar-refractivity contribution is 0.102. The molecule has 1 atom stereocenters. The lowest BCUT2D eigenvalue weighted by Crippen LogP contribution is -2.13. The molecule has 1 amide bonds. The molecule has 2 rings (SSSR count). The first kappa shape index (κ1) is 15.7. The van der Waals surface area contributed by atoms with Gasteiger partial charge in [-0.15, -0.1) is 11.3 Å². The molecular weight excluding hydrogens is 282 g/mol. The summed E-state index contributed by atoms with van der Waals surface area (Å²) in [5.41, 5.74) is 8.25. The maximum atomic E-state index is 12.1. The van der Waals surface area contributed by atoms with E-state index in [-0.39, 0.29) is 11.9 Å². The lowest BCUT2D eigenvalue weighted by atomic mass is 10.1. The molecule has 0 spiro atoms. The van der Waals surface area contributed by atoms with Crippen molar-refractivity contribution in [3.8, 4) is 0 Å². The molecule has 1 heterocycles. The van der Waals surface area contributed by atoms with Crippen molar-refractivity contribution in [2.75, 3.05) is 5.32 Å². The molecule has 0 saturated carbocycles. The van der Waals surface area contributed by atoms with Crippen LogP contribution in [-0.4, -0.2) is 10.9 Å². The second kappa shape index (κ2) is 7.33. The van der Waals surface area contributed by atoms with Gasteiger partial charge in [-0.05, 0) is 37.5 Å². The van der Waals surface area contributed by atoms with E-state index in [0.29, 0.717) is 5.69 Å². The Morgan fingerprint density at radius 2 is 2.10 bits per heavy atom. The highest BCUT2D eigenvalue weighted by Gasteiger charge is 2.12. The fourth-order valence-corrected chi connectivity index (χ4v) is 2.69. The van der Waals surface area contributed by atoms with Crippen LogP contribution in [0.1, 0.15) is 53.8 Å². The van der Waals surface area contributed by atoms with E-state index in [1.165, 1.54) is 29.7 Å². The van der Waals surface area contributed by atoms with E-state index < -0.39 is 0 Å². The number of thiazole rings is 1. The molecule has 112 valence electrons. The minimum absolute atomic E-state index is 0.144. The number of nitrogens with zero attached hydrogens (tertiary/aromatic N) is 1. The van der Waals surface area contributed by atoms with E-state index in [1.54, 1.807) is 5.38 Å². The predicted octanol–water partition coefficient (Wildman–Crippen LogP) is 3.76. The molecule has 0 aliphatic rings. The first-order valence-electron chi connectivity index (χ1n) is 7.21. The van der Waals surface area contributed by atoms with Gasteiger partial charge < -0.3 is 11.1 Å². The van der Waals surface area contributed by atoms with E-state index >= 15 is 0 Å². The quantitative estimate of drug-likeness (QED) is 0.853. The first-order chi connectivity index (χ1) is 10.1. The average molecular weight is 303 g/mol. The van der Waals surface area contributed by atoms with Gasteiger partial charge in [-0.3, -0.25) is 4.79 Å². The molecule has 1 aromatic heterocycles. The summed E-state index contributed by atoms with van der Waals surface area (Å²) in [6, 6.07) is 7.83. The Hall–Kier alpha value is -1.72. The highest BCUT2D eigenvalue weighted by molar-refractivity contribution is 7.09. The molecule has 3 N–H and O–H groups in total. The SMILES string of the molecule is CCCCc1ccc(NC(=O)c2csc(C(C)N)n2)cc1. The maximum absolute atomic E-state index is 12.1. The number of carbonyl (C=O) groups excluding carboxylic acids is 1. The third-order valence-electron chi connectivity index (χ3n) is 3.17. The summed E-state index contributed by atoms with van der Waals surface area (Å²) in [5, 5.41) is 5.37. The second-order valence-corrected chi connectivity index (χ2v) is 6.00. The van der Waals surface area contributed by atoms with E-state index in [0.717, 1.165) is 17.1 Å². The zero-order valence-corrected chi connectivity index (χ0v) is 13.2. The molecular formula is C16H21N3OS. The molecule has 0 aliphatic heterocycles. The van der Waals surface area contributed by atoms with Crippen molar-refractivity contribution in [3.63, 3.8) is 0 Å². The zero-order chi connectivity index (χ0) is 15.2. The van der Waals surface area contributed by atoms with Crippen molar-refractivity contribution in [2.45, 2.75) is 39.2 Å². The van der Waals surface area contributed by atoms with Crippen LogP contribution in [0.4, 0.5) is 5.69 Å². The summed E-state index contributed by atoms with van der Waals surface area (Å²) >= 11 is 1.41. The van der Waals surface area contributed by atoms with Crippen LogP contribution in [0.3, 0.4) is 0 Å². The number of anilines is 1. The summed E-state index contributed by atoms with van der Waals surface area (Å²) in [5.74, 6) is -0.195. The minimum atomic E-state index is -0.195. The van der Waals surface area contributed by atoms with Gasteiger partial charge in [0.1, 0.15) is 10.7 Å². The maximum Gasteiger partial charge on any atom is 0.275 e. The molecule has 0 saturated heterocycles. The molecule has 2 aromatic rings. The number of hydrogen-bond acceptors (Lipinski definition) is 4. The Balaban J connectivity index is 1.98. The molecule has 0 radical (unpaired) electrons. The zero-order valence-electron chi connectivity index (χ0n) is 12.4. The van der Waals surface area contributed by atoms with Crippen LogP contribution in [0, 0.1) is 0 Å². The van der Waals surface area contributed by atoms with Crippen molar-refractivity contribution >= 4 is 22.9 Å². The number of aryl methyl sites for hydroxylation is 1. The van der Waals surface area contributed by atoms with Gasteiger partial charge in [-0.25, -0.2) is 4.98 Å². The summed E-state index contributed by atoms with van der Waals surface area (Å²) in [6.07, 6.45) is 3.45. The summed E-state index contributed by atoms with van der Waals surface area (Å²) in [7, 11) is 0. The van der Waals surface area contributed by atoms with Crippen LogP contribution in [0.25, 0.3) is 0 Å². The Kier molecular flexibility index (Phi) is 5.47. The van der Waals surface area contributed by atoms with E-state index in [9.17, 15) is 4.79 Å². The van der Waals surface area contributed by atoms with Gasteiger partial charge in [0, 0.05) is 11.1 Å². The Bertz CT molecular complexity index is 590. The third kappa shape index (κ3) is 4.37. The van der Waals surface area contributed by atoms with Crippen LogP contribution in [-0.2, 0) is 6.42 Å². The number of nitrogens with one attached hydrogen (secondary N) is 1. The van der Waals surface area contributed by atoms with Gasteiger partial charge in [-0.2, -0.15) is 0 Å². The minimum Gasteiger partial charge on any atom is -0.322 e. The highest BCUT2D eigenvalue weighted by Crippen LogP contribution is 2.17. The molecule has 0 fully saturated rings. The highest BCUT2D eigenvalue weighted by atomic mass is 32.1. The van der Waals surface area contributed by atoms with Gasteiger partial charge in [0.15, 0.2) is 0 Å². The van der Waals surface area contributed by atoms with Crippen LogP contribution < -0.4 is 11.1 Å². The first-order valence-corrected chi connectivity index (χ1v) is 8.09. The van der Waals surface area contributed by atoms with E-state index in [2.05, 4.69) is 29.4 Å². The molecule has 1 aromatic carbocycles. The largest absolute Gasteiger partial charge is 0.322 e. The van der Waals surface area contributed by atoms with Gasteiger partial charge in [0.05, 0.1) is 6.04 Å². The number of benzene rings is 1. The Morgan fingerprint density at radius 1 is 1.38 bits per heavy atom. The second-order valence-electron chi connectivity index (χ2n) is 5.11. The number of unbranched alkanes of at least 4 members (excludes halogenated alkanes) is 1. The number of amides is 1. The third-order valence-corrected chi connectivity index (χ3v) is 4.22. The molecule has 1 unspecified atom stereocenters. The summed E-state index contributed by atoms with van der Waals surface area (Å²) in [4.78, 5) is 16.3. The molecule has 0 bridgehead atoms. The van der Waals surface area contributed by atoms with Gasteiger partial charge in [0.2, 0.25) is 0 Å². The molecule has 5 heteroatoms. The summed E-state index contributed by atoms with van der Waals surface area (Å²) < 4.78 is 0. The fraction of sp³-hybridized carbons (Fsp3) is 0.375. The molecule has 0 aliphatic carbocycles. The average Bonchev–Trinajstić information content (AvgIpc) is 2.97. The van der Waals surface area contributed by atoms with Crippen LogP contribution in [0.5, 0.6) is 0 Å². The van der Waals surface area contributed by atoms with Crippen molar-refractivity contribution in [2.24, 2.45) is 5.73 Å². The van der Waals surface area contributed by atoms with Crippen LogP contribution >= 0.6 is 11.3 Å². The van der Waals surface area contributed by atoms with Crippen molar-refractivity contribution < 1.29 is 4.79 Å². The standard InChI is InChI=1S/C16H21N3OS/c1-3-4-5-12-6-8-13(9-7-12)18-15(20)14-10-21-16(19-14)11(2)17/h6-11H,3-5,17H2,1-2H3,(H,18,20). The Labute approximate surface area is 129 Å². The smallest absolute Gasteiger partial charge is 0.275 e. The normalized spacial score (nSPS) is 12.1.